The monoisotopic (exact) mass is 599 g/mol. The zero-order valence-corrected chi connectivity index (χ0v) is 25.6. The second kappa shape index (κ2) is 9.94. The second-order valence-electron chi connectivity index (χ2n) is 12.5. The number of ether oxygens (including phenoxy) is 1. The lowest BCUT2D eigenvalue weighted by molar-refractivity contribution is 0.441. The summed E-state index contributed by atoms with van der Waals surface area (Å²) in [6.45, 7) is 0. The summed E-state index contributed by atoms with van der Waals surface area (Å²) < 4.78 is 6.86. The molecule has 0 radical (unpaired) electrons. The molecular weight excluding hydrogens is 571 g/mol. The van der Waals surface area contributed by atoms with Crippen molar-refractivity contribution >= 4 is 38.6 Å². The van der Waals surface area contributed by atoms with Crippen molar-refractivity contribution in [3.8, 4) is 22.6 Å². The number of para-hydroxylation sites is 2. The van der Waals surface area contributed by atoms with E-state index in [0.29, 0.717) is 0 Å². The second-order valence-corrected chi connectivity index (χ2v) is 12.5. The molecule has 0 aromatic heterocycles. The number of hydrogen-bond donors (Lipinski definition) is 0. The number of fused-ring (bicyclic) bond motifs is 12. The van der Waals surface area contributed by atoms with Gasteiger partial charge in [0, 0.05) is 33.3 Å². The number of nitrogens with zero attached hydrogens (tertiary/aromatic N) is 1. The molecule has 2 heteroatoms. The van der Waals surface area contributed by atoms with Gasteiger partial charge in [-0.1, -0.05) is 140 Å². The van der Waals surface area contributed by atoms with Gasteiger partial charge in [-0.05, 0) is 69.4 Å². The van der Waals surface area contributed by atoms with Crippen LogP contribution in [0.3, 0.4) is 0 Å². The van der Waals surface area contributed by atoms with Crippen molar-refractivity contribution in [1.29, 1.82) is 0 Å². The van der Waals surface area contributed by atoms with Crippen LogP contribution in [0.1, 0.15) is 22.3 Å². The molecular formula is C45H29NO. The lowest BCUT2D eigenvalue weighted by Gasteiger charge is -2.40. The predicted octanol–water partition coefficient (Wildman–Crippen LogP) is 11.9. The molecule has 1 atom stereocenters. The van der Waals surface area contributed by atoms with E-state index in [4.69, 9.17) is 4.74 Å². The summed E-state index contributed by atoms with van der Waals surface area (Å²) in [5.74, 6) is 1.84. The molecule has 8 aromatic carbocycles. The first kappa shape index (κ1) is 26.1. The van der Waals surface area contributed by atoms with E-state index in [9.17, 15) is 0 Å². The third-order valence-corrected chi connectivity index (χ3v) is 10.1. The molecule has 1 unspecified atom stereocenters. The Balaban J connectivity index is 1.32. The highest BCUT2D eigenvalue weighted by Gasteiger charge is 2.51. The average Bonchev–Trinajstić information content (AvgIpc) is 3.42. The lowest BCUT2D eigenvalue weighted by Crippen LogP contribution is -2.32. The Morgan fingerprint density at radius 1 is 0.404 bits per heavy atom. The van der Waals surface area contributed by atoms with E-state index >= 15 is 0 Å². The van der Waals surface area contributed by atoms with Crippen molar-refractivity contribution in [3.05, 3.63) is 198 Å². The maximum absolute atomic E-state index is 6.86. The molecule has 1 heterocycles. The number of hydrogen-bond acceptors (Lipinski definition) is 2. The maximum Gasteiger partial charge on any atom is 0.140 e. The molecule has 2 aliphatic rings. The van der Waals surface area contributed by atoms with Gasteiger partial charge in [-0.15, -0.1) is 0 Å². The summed E-state index contributed by atoms with van der Waals surface area (Å²) in [6, 6.07) is 63.7. The molecule has 1 aliphatic heterocycles. The number of rotatable bonds is 3. The van der Waals surface area contributed by atoms with Gasteiger partial charge in [-0.3, -0.25) is 0 Å². The van der Waals surface area contributed by atoms with E-state index in [1.54, 1.807) is 0 Å². The third kappa shape index (κ3) is 3.61. The van der Waals surface area contributed by atoms with E-state index in [1.165, 1.54) is 49.5 Å². The van der Waals surface area contributed by atoms with Crippen LogP contribution in [0.25, 0.3) is 32.7 Å². The van der Waals surface area contributed by atoms with Crippen LogP contribution in [0.15, 0.2) is 176 Å². The van der Waals surface area contributed by atoms with E-state index in [-0.39, 0.29) is 0 Å². The first-order valence-electron chi connectivity index (χ1n) is 16.2. The molecule has 0 N–H and O–H groups in total. The molecule has 220 valence electrons. The Morgan fingerprint density at radius 2 is 1.06 bits per heavy atom. The van der Waals surface area contributed by atoms with Crippen LogP contribution in [-0.4, -0.2) is 0 Å². The zero-order chi connectivity index (χ0) is 31.0. The SMILES string of the molecule is c1ccc(N(c2ccc3c(c2)C2(c4ccccc4Oc4c2ccc2ccccc42)c2ccccc2-3)c2cccc3ccccc23)cc1. The highest BCUT2D eigenvalue weighted by atomic mass is 16.5. The molecule has 47 heavy (non-hydrogen) atoms. The molecule has 8 aromatic rings. The smallest absolute Gasteiger partial charge is 0.140 e. The maximum atomic E-state index is 6.86. The number of benzene rings is 8. The van der Waals surface area contributed by atoms with Crippen molar-refractivity contribution in [1.82, 2.24) is 0 Å². The Bertz CT molecular complexity index is 2510. The Hall–Kier alpha value is -6.12. The quantitative estimate of drug-likeness (QED) is 0.200. The molecule has 1 aliphatic carbocycles. The van der Waals surface area contributed by atoms with Crippen LogP contribution in [-0.2, 0) is 5.41 Å². The van der Waals surface area contributed by atoms with Crippen molar-refractivity contribution in [3.63, 3.8) is 0 Å². The van der Waals surface area contributed by atoms with E-state index in [0.717, 1.165) is 33.9 Å². The van der Waals surface area contributed by atoms with Crippen LogP contribution >= 0.6 is 0 Å². The molecule has 1 spiro atoms. The number of anilines is 3. The molecule has 0 saturated heterocycles. The first-order valence-corrected chi connectivity index (χ1v) is 16.2. The van der Waals surface area contributed by atoms with Gasteiger partial charge in [0.15, 0.2) is 0 Å². The summed E-state index contributed by atoms with van der Waals surface area (Å²) in [6.07, 6.45) is 0. The summed E-state index contributed by atoms with van der Waals surface area (Å²) in [7, 11) is 0. The van der Waals surface area contributed by atoms with Crippen LogP contribution in [0.5, 0.6) is 11.5 Å². The Labute approximate surface area is 273 Å². The van der Waals surface area contributed by atoms with E-state index < -0.39 is 5.41 Å². The highest BCUT2D eigenvalue weighted by Crippen LogP contribution is 2.63. The molecule has 10 rings (SSSR count). The minimum atomic E-state index is -0.558. The van der Waals surface area contributed by atoms with E-state index in [2.05, 4.69) is 181 Å². The molecule has 0 amide bonds. The molecule has 0 fully saturated rings. The third-order valence-electron chi connectivity index (χ3n) is 10.1. The van der Waals surface area contributed by atoms with Crippen LogP contribution < -0.4 is 9.64 Å². The van der Waals surface area contributed by atoms with Crippen molar-refractivity contribution in [2.24, 2.45) is 0 Å². The van der Waals surface area contributed by atoms with Crippen molar-refractivity contribution in [2.75, 3.05) is 4.90 Å². The summed E-state index contributed by atoms with van der Waals surface area (Å²) in [5, 5.41) is 4.73. The highest BCUT2D eigenvalue weighted by molar-refractivity contribution is 6.00. The Kier molecular flexibility index (Phi) is 5.53. The lowest BCUT2D eigenvalue weighted by atomic mass is 9.65. The van der Waals surface area contributed by atoms with Gasteiger partial charge in [-0.25, -0.2) is 0 Å². The first-order chi connectivity index (χ1) is 23.3. The van der Waals surface area contributed by atoms with E-state index in [1.807, 2.05) is 0 Å². The van der Waals surface area contributed by atoms with Crippen LogP contribution in [0, 0.1) is 0 Å². The average molecular weight is 600 g/mol. The zero-order valence-electron chi connectivity index (χ0n) is 25.6. The van der Waals surface area contributed by atoms with Gasteiger partial charge in [0.1, 0.15) is 11.5 Å². The topological polar surface area (TPSA) is 12.5 Å². The minimum absolute atomic E-state index is 0.558. The van der Waals surface area contributed by atoms with Gasteiger partial charge >= 0.3 is 0 Å². The predicted molar refractivity (Wildman–Crippen MR) is 194 cm³/mol. The largest absolute Gasteiger partial charge is 0.456 e. The van der Waals surface area contributed by atoms with Gasteiger partial charge < -0.3 is 9.64 Å². The van der Waals surface area contributed by atoms with Crippen LogP contribution in [0.2, 0.25) is 0 Å². The van der Waals surface area contributed by atoms with Gasteiger partial charge in [0.05, 0.1) is 11.1 Å². The fourth-order valence-electron chi connectivity index (χ4n) is 8.16. The van der Waals surface area contributed by atoms with Gasteiger partial charge in [-0.2, -0.15) is 0 Å². The Morgan fingerprint density at radius 3 is 1.94 bits per heavy atom. The molecule has 0 saturated carbocycles. The summed E-state index contributed by atoms with van der Waals surface area (Å²) in [4.78, 5) is 2.41. The molecule has 2 nitrogen and oxygen atoms in total. The fraction of sp³-hybridized carbons (Fsp3) is 0.0222. The minimum Gasteiger partial charge on any atom is -0.456 e. The standard InChI is InChI=1S/C45H29NO/c1-2-16-32(17-3-1)46(42-23-12-15-30-13-4-6-18-34(30)42)33-26-27-37-36-20-8-9-21-38(36)45(41(37)29-33)39-22-10-11-24-43(39)47-44-35-19-7-5-14-31(35)25-28-40(44)45/h1-29H. The molecule has 0 bridgehead atoms. The summed E-state index contributed by atoms with van der Waals surface area (Å²) in [5.41, 5.74) is 10.2. The van der Waals surface area contributed by atoms with Gasteiger partial charge in [0.25, 0.3) is 0 Å². The van der Waals surface area contributed by atoms with Crippen LogP contribution in [0.4, 0.5) is 17.1 Å². The van der Waals surface area contributed by atoms with Gasteiger partial charge in [0.2, 0.25) is 0 Å². The van der Waals surface area contributed by atoms with Crippen molar-refractivity contribution < 1.29 is 4.74 Å². The fourth-order valence-corrected chi connectivity index (χ4v) is 8.16. The normalized spacial score (nSPS) is 15.5. The van der Waals surface area contributed by atoms with Crippen molar-refractivity contribution in [2.45, 2.75) is 5.41 Å². The summed E-state index contributed by atoms with van der Waals surface area (Å²) >= 11 is 0.